The Bertz CT molecular complexity index is 541. The lowest BCUT2D eigenvalue weighted by Gasteiger charge is -2.15. The molecule has 0 unspecified atom stereocenters. The van der Waals surface area contributed by atoms with Crippen LogP contribution < -0.4 is 14.4 Å². The number of methoxy groups -OCH3 is 2. The average molecular weight is 233 g/mol. The number of benzene rings is 1. The largest absolute Gasteiger partial charge is 0.493 e. The SMILES string of the molecule is COc1ccc2c(N(C)C)ncnc2c1OC. The molecule has 0 saturated heterocycles. The third-order valence-electron chi connectivity index (χ3n) is 2.55. The van der Waals surface area contributed by atoms with Crippen molar-refractivity contribution in [3.63, 3.8) is 0 Å². The van der Waals surface area contributed by atoms with E-state index in [1.165, 1.54) is 6.33 Å². The van der Waals surface area contributed by atoms with Crippen molar-refractivity contribution in [1.82, 2.24) is 9.97 Å². The summed E-state index contributed by atoms with van der Waals surface area (Å²) in [4.78, 5) is 10.5. The van der Waals surface area contributed by atoms with Gasteiger partial charge in [0.05, 0.1) is 14.2 Å². The number of ether oxygens (including phenoxy) is 2. The average Bonchev–Trinajstić information content (AvgIpc) is 2.36. The number of rotatable bonds is 3. The number of hydrogen-bond acceptors (Lipinski definition) is 5. The van der Waals surface area contributed by atoms with Gasteiger partial charge in [-0.15, -0.1) is 0 Å². The van der Waals surface area contributed by atoms with Crippen LogP contribution in [0.2, 0.25) is 0 Å². The van der Waals surface area contributed by atoms with Crippen LogP contribution in [0, 0.1) is 0 Å². The molecule has 0 N–H and O–H groups in total. The molecular formula is C12H15N3O2. The first kappa shape index (κ1) is 11.4. The monoisotopic (exact) mass is 233 g/mol. The molecule has 1 heterocycles. The van der Waals surface area contributed by atoms with E-state index in [-0.39, 0.29) is 0 Å². The van der Waals surface area contributed by atoms with Gasteiger partial charge in [0.25, 0.3) is 0 Å². The highest BCUT2D eigenvalue weighted by Crippen LogP contribution is 2.36. The summed E-state index contributed by atoms with van der Waals surface area (Å²) in [5, 5.41) is 0.940. The molecule has 0 amide bonds. The van der Waals surface area contributed by atoms with Crippen molar-refractivity contribution in [3.05, 3.63) is 18.5 Å². The van der Waals surface area contributed by atoms with Crippen LogP contribution >= 0.6 is 0 Å². The smallest absolute Gasteiger partial charge is 0.187 e. The Kier molecular flexibility index (Phi) is 2.99. The topological polar surface area (TPSA) is 47.5 Å². The van der Waals surface area contributed by atoms with Gasteiger partial charge in [-0.3, -0.25) is 0 Å². The zero-order valence-electron chi connectivity index (χ0n) is 10.4. The molecule has 90 valence electrons. The maximum Gasteiger partial charge on any atom is 0.187 e. The Balaban J connectivity index is 2.78. The molecule has 1 aromatic carbocycles. The molecule has 0 radical (unpaired) electrons. The van der Waals surface area contributed by atoms with E-state index in [0.29, 0.717) is 11.5 Å². The van der Waals surface area contributed by atoms with Crippen LogP contribution in [0.5, 0.6) is 11.5 Å². The predicted molar refractivity (Wildman–Crippen MR) is 67.0 cm³/mol. The minimum Gasteiger partial charge on any atom is -0.493 e. The van der Waals surface area contributed by atoms with Crippen molar-refractivity contribution < 1.29 is 9.47 Å². The van der Waals surface area contributed by atoms with Gasteiger partial charge < -0.3 is 14.4 Å². The second-order valence-electron chi connectivity index (χ2n) is 3.79. The van der Waals surface area contributed by atoms with E-state index in [0.717, 1.165) is 16.7 Å². The zero-order chi connectivity index (χ0) is 12.4. The molecule has 5 heteroatoms. The highest BCUT2D eigenvalue weighted by molar-refractivity contribution is 5.94. The summed E-state index contributed by atoms with van der Waals surface area (Å²) >= 11 is 0. The van der Waals surface area contributed by atoms with Gasteiger partial charge in [-0.1, -0.05) is 0 Å². The number of nitrogens with zero attached hydrogens (tertiary/aromatic N) is 3. The summed E-state index contributed by atoms with van der Waals surface area (Å²) in [5.74, 6) is 2.16. The third kappa shape index (κ3) is 1.84. The number of aromatic nitrogens is 2. The highest BCUT2D eigenvalue weighted by Gasteiger charge is 2.13. The fraction of sp³-hybridized carbons (Fsp3) is 0.333. The van der Waals surface area contributed by atoms with Crippen LogP contribution in [0.15, 0.2) is 18.5 Å². The van der Waals surface area contributed by atoms with Crippen LogP contribution in [0.1, 0.15) is 0 Å². The number of anilines is 1. The van der Waals surface area contributed by atoms with Crippen molar-refractivity contribution in [2.45, 2.75) is 0 Å². The van der Waals surface area contributed by atoms with E-state index in [9.17, 15) is 0 Å². The van der Waals surface area contributed by atoms with E-state index in [1.54, 1.807) is 14.2 Å². The summed E-state index contributed by atoms with van der Waals surface area (Å²) in [6.07, 6.45) is 1.53. The Morgan fingerprint density at radius 1 is 1.06 bits per heavy atom. The third-order valence-corrected chi connectivity index (χ3v) is 2.55. The van der Waals surface area contributed by atoms with Crippen molar-refractivity contribution in [3.8, 4) is 11.5 Å². The lowest BCUT2D eigenvalue weighted by Crippen LogP contribution is -2.11. The molecule has 0 fully saturated rings. The van der Waals surface area contributed by atoms with Gasteiger partial charge in [0.1, 0.15) is 17.7 Å². The van der Waals surface area contributed by atoms with Crippen LogP contribution in [0.25, 0.3) is 10.9 Å². The van der Waals surface area contributed by atoms with Gasteiger partial charge in [-0.2, -0.15) is 0 Å². The van der Waals surface area contributed by atoms with Crippen molar-refractivity contribution in [2.75, 3.05) is 33.2 Å². The van der Waals surface area contributed by atoms with Crippen molar-refractivity contribution in [2.24, 2.45) is 0 Å². The Hall–Kier alpha value is -2.04. The Labute approximate surface area is 100.0 Å². The molecule has 1 aromatic heterocycles. The summed E-state index contributed by atoms with van der Waals surface area (Å²) in [6.45, 7) is 0. The van der Waals surface area contributed by atoms with Gasteiger partial charge in [-0.05, 0) is 12.1 Å². The lowest BCUT2D eigenvalue weighted by molar-refractivity contribution is 0.358. The van der Waals surface area contributed by atoms with E-state index in [4.69, 9.17) is 9.47 Å². The molecule has 2 rings (SSSR count). The van der Waals surface area contributed by atoms with Crippen LogP contribution in [-0.4, -0.2) is 38.3 Å². The van der Waals surface area contributed by atoms with Gasteiger partial charge in [-0.25, -0.2) is 9.97 Å². The Morgan fingerprint density at radius 2 is 1.82 bits per heavy atom. The zero-order valence-corrected chi connectivity index (χ0v) is 10.4. The van der Waals surface area contributed by atoms with Crippen LogP contribution in [0.3, 0.4) is 0 Å². The van der Waals surface area contributed by atoms with Crippen LogP contribution in [0.4, 0.5) is 5.82 Å². The second kappa shape index (κ2) is 4.45. The standard InChI is InChI=1S/C12H15N3O2/c1-15(2)12-8-5-6-9(16-3)11(17-4)10(8)13-7-14-12/h5-7H,1-4H3. The molecule has 2 aromatic rings. The van der Waals surface area contributed by atoms with Crippen LogP contribution in [-0.2, 0) is 0 Å². The molecule has 0 saturated carbocycles. The van der Waals surface area contributed by atoms with Gasteiger partial charge >= 0.3 is 0 Å². The quantitative estimate of drug-likeness (QED) is 0.807. The molecule has 0 aliphatic carbocycles. The van der Waals surface area contributed by atoms with E-state index in [2.05, 4.69) is 9.97 Å². The van der Waals surface area contributed by atoms with Gasteiger partial charge in [0.2, 0.25) is 0 Å². The summed E-state index contributed by atoms with van der Waals surface area (Å²) in [5.41, 5.74) is 0.755. The van der Waals surface area contributed by atoms with E-state index in [1.807, 2.05) is 31.1 Å². The molecule has 0 bridgehead atoms. The van der Waals surface area contributed by atoms with Gasteiger partial charge in [0, 0.05) is 19.5 Å². The summed E-state index contributed by atoms with van der Waals surface area (Å²) in [7, 11) is 7.10. The maximum atomic E-state index is 5.35. The molecule has 17 heavy (non-hydrogen) atoms. The summed E-state index contributed by atoms with van der Waals surface area (Å²) < 4.78 is 10.6. The first-order chi connectivity index (χ1) is 8.19. The molecule has 0 spiro atoms. The normalized spacial score (nSPS) is 10.4. The molecular weight excluding hydrogens is 218 g/mol. The minimum atomic E-state index is 0.635. The van der Waals surface area contributed by atoms with Crippen molar-refractivity contribution in [1.29, 1.82) is 0 Å². The first-order valence-electron chi connectivity index (χ1n) is 5.22. The van der Waals surface area contributed by atoms with Gasteiger partial charge in [0.15, 0.2) is 11.5 Å². The molecule has 0 atom stereocenters. The second-order valence-corrected chi connectivity index (χ2v) is 3.79. The Morgan fingerprint density at radius 3 is 2.41 bits per heavy atom. The minimum absolute atomic E-state index is 0.635. The molecule has 0 aliphatic rings. The maximum absolute atomic E-state index is 5.35. The van der Waals surface area contributed by atoms with E-state index >= 15 is 0 Å². The highest BCUT2D eigenvalue weighted by atomic mass is 16.5. The number of fused-ring (bicyclic) bond motifs is 1. The number of hydrogen-bond donors (Lipinski definition) is 0. The molecule has 0 aliphatic heterocycles. The fourth-order valence-corrected chi connectivity index (χ4v) is 1.79. The first-order valence-corrected chi connectivity index (χ1v) is 5.22. The van der Waals surface area contributed by atoms with Crippen molar-refractivity contribution >= 4 is 16.7 Å². The predicted octanol–water partition coefficient (Wildman–Crippen LogP) is 1.71. The lowest BCUT2D eigenvalue weighted by atomic mass is 10.2. The fourth-order valence-electron chi connectivity index (χ4n) is 1.79. The van der Waals surface area contributed by atoms with E-state index < -0.39 is 0 Å². The summed E-state index contributed by atoms with van der Waals surface area (Å²) in [6, 6.07) is 3.80. The molecule has 5 nitrogen and oxygen atoms in total.